The Hall–Kier alpha value is -2.55. The molecule has 0 aliphatic carbocycles. The molecule has 0 fully saturated rings. The lowest BCUT2D eigenvalue weighted by atomic mass is 10.1. The zero-order valence-electron chi connectivity index (χ0n) is 9.97. The van der Waals surface area contributed by atoms with E-state index in [1.165, 1.54) is 12.1 Å². The average molecular weight is 248 g/mol. The van der Waals surface area contributed by atoms with Gasteiger partial charge in [0.15, 0.2) is 0 Å². The molecule has 4 rings (SSSR count). The Labute approximate surface area is 108 Å². The molecule has 0 amide bonds. The van der Waals surface area contributed by atoms with Crippen molar-refractivity contribution in [1.82, 2.24) is 9.97 Å². The Morgan fingerprint density at radius 1 is 0.842 bits per heavy atom. The van der Waals surface area contributed by atoms with Crippen LogP contribution in [-0.2, 0) is 0 Å². The van der Waals surface area contributed by atoms with Crippen LogP contribution in [-0.4, -0.2) is 9.97 Å². The molecule has 4 aromatic rings. The first-order valence-electron chi connectivity index (χ1n) is 6.05. The Balaban J connectivity index is 2.25. The van der Waals surface area contributed by atoms with E-state index in [-0.39, 0.29) is 5.82 Å². The molecule has 0 bridgehead atoms. The molecule has 0 aliphatic heterocycles. The number of aromatic nitrogens is 2. The van der Waals surface area contributed by atoms with E-state index in [1.54, 1.807) is 12.3 Å². The van der Waals surface area contributed by atoms with Crippen molar-refractivity contribution in [1.29, 1.82) is 0 Å². The highest BCUT2D eigenvalue weighted by molar-refractivity contribution is 6.06. The Bertz CT molecular complexity index is 931. The van der Waals surface area contributed by atoms with Crippen LogP contribution < -0.4 is 0 Å². The summed E-state index contributed by atoms with van der Waals surface area (Å²) < 4.78 is 13.4. The molecule has 0 unspecified atom stereocenters. The second kappa shape index (κ2) is 3.72. The van der Waals surface area contributed by atoms with Crippen molar-refractivity contribution in [3.8, 4) is 0 Å². The van der Waals surface area contributed by atoms with Crippen molar-refractivity contribution in [2.24, 2.45) is 0 Å². The number of hydrogen-bond donors (Lipinski definition) is 0. The number of nitrogens with zero attached hydrogens (tertiary/aromatic N) is 2. The highest BCUT2D eigenvalue weighted by atomic mass is 19.1. The monoisotopic (exact) mass is 248 g/mol. The van der Waals surface area contributed by atoms with Gasteiger partial charge in [-0.2, -0.15) is 0 Å². The number of rotatable bonds is 0. The molecule has 2 heterocycles. The molecule has 90 valence electrons. The minimum absolute atomic E-state index is 0.267. The first kappa shape index (κ1) is 10.4. The fraction of sp³-hybridized carbons (Fsp3) is 0. The minimum Gasteiger partial charge on any atom is -0.255 e. The van der Waals surface area contributed by atoms with Gasteiger partial charge in [-0.1, -0.05) is 18.2 Å². The van der Waals surface area contributed by atoms with Crippen LogP contribution in [0.1, 0.15) is 0 Å². The maximum absolute atomic E-state index is 13.4. The molecule has 0 spiro atoms. The quantitative estimate of drug-likeness (QED) is 0.346. The van der Waals surface area contributed by atoms with Crippen molar-refractivity contribution in [3.63, 3.8) is 0 Å². The van der Waals surface area contributed by atoms with Crippen LogP contribution in [0.4, 0.5) is 4.39 Å². The summed E-state index contributed by atoms with van der Waals surface area (Å²) >= 11 is 0. The van der Waals surface area contributed by atoms with E-state index in [4.69, 9.17) is 0 Å². The van der Waals surface area contributed by atoms with Gasteiger partial charge in [0.25, 0.3) is 0 Å². The third kappa shape index (κ3) is 1.55. The molecule has 0 saturated heterocycles. The Kier molecular flexibility index (Phi) is 2.03. The second-order valence-electron chi connectivity index (χ2n) is 4.54. The van der Waals surface area contributed by atoms with Gasteiger partial charge in [-0.15, -0.1) is 0 Å². The number of benzene rings is 2. The van der Waals surface area contributed by atoms with Gasteiger partial charge >= 0.3 is 0 Å². The molecule has 2 aromatic heterocycles. The summed E-state index contributed by atoms with van der Waals surface area (Å²) in [5.41, 5.74) is 2.46. The SMILES string of the molecule is Fc1ccc2ncc3cc4ccccc4nc3c2c1. The smallest absolute Gasteiger partial charge is 0.124 e. The normalized spacial score (nSPS) is 11.4. The zero-order chi connectivity index (χ0) is 12.8. The number of para-hydroxylation sites is 1. The summed E-state index contributed by atoms with van der Waals surface area (Å²) in [5.74, 6) is -0.267. The molecular formula is C16H9FN2. The first-order valence-corrected chi connectivity index (χ1v) is 6.05. The van der Waals surface area contributed by atoms with Crippen LogP contribution in [0.15, 0.2) is 54.7 Å². The number of pyridine rings is 2. The number of hydrogen-bond acceptors (Lipinski definition) is 2. The number of halogens is 1. The van der Waals surface area contributed by atoms with Crippen LogP contribution in [0, 0.1) is 5.82 Å². The summed E-state index contributed by atoms with van der Waals surface area (Å²) in [5, 5.41) is 2.74. The summed E-state index contributed by atoms with van der Waals surface area (Å²) in [6.07, 6.45) is 1.79. The van der Waals surface area contributed by atoms with Gasteiger partial charge in [-0.3, -0.25) is 4.98 Å². The van der Waals surface area contributed by atoms with E-state index in [0.717, 1.165) is 32.7 Å². The van der Waals surface area contributed by atoms with E-state index in [2.05, 4.69) is 9.97 Å². The van der Waals surface area contributed by atoms with Crippen LogP contribution in [0.2, 0.25) is 0 Å². The topological polar surface area (TPSA) is 25.8 Å². The summed E-state index contributed by atoms with van der Waals surface area (Å²) in [7, 11) is 0. The molecule has 2 aromatic carbocycles. The zero-order valence-corrected chi connectivity index (χ0v) is 9.97. The maximum atomic E-state index is 13.4. The molecule has 0 aliphatic rings. The predicted octanol–water partition coefficient (Wildman–Crippen LogP) is 4.08. The highest BCUT2D eigenvalue weighted by Crippen LogP contribution is 2.25. The largest absolute Gasteiger partial charge is 0.255 e. The first-order chi connectivity index (χ1) is 9.31. The van der Waals surface area contributed by atoms with Gasteiger partial charge in [0.05, 0.1) is 16.6 Å². The third-order valence-electron chi connectivity index (χ3n) is 3.31. The van der Waals surface area contributed by atoms with E-state index in [1.807, 2.05) is 30.3 Å². The van der Waals surface area contributed by atoms with Crippen LogP contribution in [0.3, 0.4) is 0 Å². The van der Waals surface area contributed by atoms with E-state index < -0.39 is 0 Å². The van der Waals surface area contributed by atoms with Gasteiger partial charge in [-0.05, 0) is 30.3 Å². The van der Waals surface area contributed by atoms with Crippen molar-refractivity contribution < 1.29 is 4.39 Å². The van der Waals surface area contributed by atoms with Gasteiger partial charge in [-0.25, -0.2) is 9.37 Å². The summed E-state index contributed by atoms with van der Waals surface area (Å²) in [6.45, 7) is 0. The fourth-order valence-corrected chi connectivity index (χ4v) is 2.40. The van der Waals surface area contributed by atoms with Crippen LogP contribution in [0.5, 0.6) is 0 Å². The van der Waals surface area contributed by atoms with Crippen molar-refractivity contribution in [2.45, 2.75) is 0 Å². The maximum Gasteiger partial charge on any atom is 0.124 e. The minimum atomic E-state index is -0.267. The van der Waals surface area contributed by atoms with Gasteiger partial charge < -0.3 is 0 Å². The molecule has 2 nitrogen and oxygen atoms in total. The van der Waals surface area contributed by atoms with E-state index in [0.29, 0.717) is 0 Å². The summed E-state index contributed by atoms with van der Waals surface area (Å²) in [6, 6.07) is 14.5. The molecule has 0 radical (unpaired) electrons. The molecular weight excluding hydrogens is 239 g/mol. The van der Waals surface area contributed by atoms with E-state index in [9.17, 15) is 4.39 Å². The third-order valence-corrected chi connectivity index (χ3v) is 3.31. The summed E-state index contributed by atoms with van der Waals surface area (Å²) in [4.78, 5) is 8.99. The van der Waals surface area contributed by atoms with Gasteiger partial charge in [0.1, 0.15) is 5.82 Å². The number of fused-ring (bicyclic) bond motifs is 4. The lowest BCUT2D eigenvalue weighted by Gasteiger charge is -2.04. The second-order valence-corrected chi connectivity index (χ2v) is 4.54. The van der Waals surface area contributed by atoms with E-state index >= 15 is 0 Å². The van der Waals surface area contributed by atoms with Gasteiger partial charge in [0, 0.05) is 22.4 Å². The molecule has 3 heteroatoms. The van der Waals surface area contributed by atoms with Gasteiger partial charge in [0.2, 0.25) is 0 Å². The highest BCUT2D eigenvalue weighted by Gasteiger charge is 2.06. The average Bonchev–Trinajstić information content (AvgIpc) is 2.45. The fourth-order valence-electron chi connectivity index (χ4n) is 2.40. The van der Waals surface area contributed by atoms with Crippen molar-refractivity contribution in [3.05, 3.63) is 60.5 Å². The lowest BCUT2D eigenvalue weighted by molar-refractivity contribution is 0.629. The molecule has 0 N–H and O–H groups in total. The molecule has 0 atom stereocenters. The molecule has 19 heavy (non-hydrogen) atoms. The lowest BCUT2D eigenvalue weighted by Crippen LogP contribution is -1.87. The Morgan fingerprint density at radius 3 is 2.68 bits per heavy atom. The van der Waals surface area contributed by atoms with Crippen molar-refractivity contribution >= 4 is 32.7 Å². The molecule has 0 saturated carbocycles. The standard InChI is InChI=1S/C16H9FN2/c17-12-5-6-15-13(8-12)16-11(9-18-15)7-10-3-1-2-4-14(10)19-16/h1-9H. The van der Waals surface area contributed by atoms with Crippen LogP contribution >= 0.6 is 0 Å². The van der Waals surface area contributed by atoms with Crippen LogP contribution in [0.25, 0.3) is 32.7 Å². The predicted molar refractivity (Wildman–Crippen MR) is 74.5 cm³/mol. The van der Waals surface area contributed by atoms with Crippen molar-refractivity contribution in [2.75, 3.05) is 0 Å². The Morgan fingerprint density at radius 2 is 1.74 bits per heavy atom.